The van der Waals surface area contributed by atoms with Crippen LogP contribution in [0.15, 0.2) is 48.7 Å². The Morgan fingerprint density at radius 3 is 2.77 bits per heavy atom. The van der Waals surface area contributed by atoms with Gasteiger partial charge in [-0.25, -0.2) is 9.56 Å². The molecule has 3 heterocycles. The lowest BCUT2D eigenvalue weighted by Gasteiger charge is -2.17. The Hall–Kier alpha value is -3.58. The van der Waals surface area contributed by atoms with Crippen LogP contribution in [0.1, 0.15) is 65.5 Å². The average Bonchev–Trinajstić information content (AvgIpc) is 3.35. The molecule has 2 aromatic carbocycles. The highest BCUT2D eigenvalue weighted by Crippen LogP contribution is 2.25. The van der Waals surface area contributed by atoms with Crippen LogP contribution >= 0.6 is 0 Å². The molecule has 0 spiro atoms. The smallest absolute Gasteiger partial charge is 0.342 e. The van der Waals surface area contributed by atoms with Crippen molar-refractivity contribution in [3.8, 4) is 0 Å². The average molecular weight is 470 g/mol. The number of anilines is 2. The molecule has 5 rings (SSSR count). The number of carbonyl (C=O) groups excluding carboxylic acids is 1. The Labute approximate surface area is 206 Å². The van der Waals surface area contributed by atoms with Crippen molar-refractivity contribution in [2.24, 2.45) is 0 Å². The van der Waals surface area contributed by atoms with Gasteiger partial charge in [0.25, 0.3) is 11.7 Å². The highest BCUT2D eigenvalue weighted by Gasteiger charge is 2.28. The number of amides is 1. The molecule has 1 atom stereocenters. The van der Waals surface area contributed by atoms with Crippen molar-refractivity contribution in [2.45, 2.75) is 46.2 Å². The fourth-order valence-corrected chi connectivity index (χ4v) is 4.73. The van der Waals surface area contributed by atoms with Gasteiger partial charge in [-0.05, 0) is 92.6 Å². The van der Waals surface area contributed by atoms with Crippen LogP contribution < -0.4 is 10.6 Å². The molecule has 1 saturated heterocycles. The first-order valence-electron chi connectivity index (χ1n) is 12.5. The normalized spacial score (nSPS) is 15.7. The van der Waals surface area contributed by atoms with Crippen molar-refractivity contribution < 1.29 is 9.37 Å². The second-order valence-corrected chi connectivity index (χ2v) is 9.45. The van der Waals surface area contributed by atoms with Gasteiger partial charge in [0.15, 0.2) is 5.69 Å². The second-order valence-electron chi connectivity index (χ2n) is 9.45. The number of nitrogens with one attached hydrogen (secondary N) is 2. The molecular formula is C28H33N6O+. The standard InChI is InChI=1S/C28H32N6O/c1-4-34-18-25-27(34)32-26(16-29-25)30-20(3)21-8-7-9-24(15-21)31-28(35)22-10-11-23(19(2)14-22)17-33-12-5-6-13-33/h7-11,14-16,18,20H,4-6,12-13,17H2,1-3H3,(H,31,35)/p+1. The van der Waals surface area contributed by atoms with Crippen LogP contribution in [0.5, 0.6) is 0 Å². The third-order valence-corrected chi connectivity index (χ3v) is 6.88. The largest absolute Gasteiger partial charge is 0.355 e. The van der Waals surface area contributed by atoms with E-state index in [2.05, 4.69) is 56.9 Å². The molecule has 1 fully saturated rings. The number of nitrogens with zero attached hydrogens (tertiary/aromatic N) is 4. The molecule has 180 valence electrons. The summed E-state index contributed by atoms with van der Waals surface area (Å²) < 4.78 is 2.08. The fraction of sp³-hybridized carbons (Fsp3) is 0.357. The molecule has 7 nitrogen and oxygen atoms in total. The SMILES string of the molecule is CC[N+]1=Cc2ncc(NC(C)c3cccc(NC(=O)c4ccc(CN5CCCC5)c(C)c4)c3)nc21. The first-order valence-corrected chi connectivity index (χ1v) is 12.5. The molecule has 0 aliphatic carbocycles. The molecule has 1 aromatic heterocycles. The van der Waals surface area contributed by atoms with Gasteiger partial charge in [-0.3, -0.25) is 9.69 Å². The van der Waals surface area contributed by atoms with E-state index in [0.717, 1.165) is 47.2 Å². The van der Waals surface area contributed by atoms with E-state index < -0.39 is 0 Å². The minimum absolute atomic E-state index is 0.00505. The van der Waals surface area contributed by atoms with E-state index in [4.69, 9.17) is 0 Å². The highest BCUT2D eigenvalue weighted by molar-refractivity contribution is 6.04. The number of rotatable bonds is 8. The lowest BCUT2D eigenvalue weighted by atomic mass is 10.0. The predicted octanol–water partition coefficient (Wildman–Crippen LogP) is 4.90. The first-order chi connectivity index (χ1) is 17.0. The summed E-state index contributed by atoms with van der Waals surface area (Å²) in [6.45, 7) is 10.4. The van der Waals surface area contributed by atoms with E-state index in [-0.39, 0.29) is 11.9 Å². The van der Waals surface area contributed by atoms with Gasteiger partial charge in [0.1, 0.15) is 6.21 Å². The van der Waals surface area contributed by atoms with Crippen LogP contribution in [0, 0.1) is 6.92 Å². The van der Waals surface area contributed by atoms with E-state index in [9.17, 15) is 4.79 Å². The molecule has 2 N–H and O–H groups in total. The summed E-state index contributed by atoms with van der Waals surface area (Å²) >= 11 is 0. The van der Waals surface area contributed by atoms with E-state index in [1.54, 1.807) is 6.20 Å². The van der Waals surface area contributed by atoms with E-state index in [0.29, 0.717) is 5.56 Å². The molecule has 2 aliphatic rings. The molecule has 35 heavy (non-hydrogen) atoms. The summed E-state index contributed by atoms with van der Waals surface area (Å²) in [7, 11) is 0. The Balaban J connectivity index is 1.23. The Morgan fingerprint density at radius 2 is 2.00 bits per heavy atom. The number of aromatic nitrogens is 2. The number of hydrogen-bond donors (Lipinski definition) is 2. The zero-order valence-electron chi connectivity index (χ0n) is 20.7. The summed E-state index contributed by atoms with van der Waals surface area (Å²) in [5.74, 6) is 1.55. The van der Waals surface area contributed by atoms with Crippen LogP contribution in [0.25, 0.3) is 0 Å². The molecule has 7 heteroatoms. The number of fused-ring (bicyclic) bond motifs is 1. The van der Waals surface area contributed by atoms with E-state index >= 15 is 0 Å². The van der Waals surface area contributed by atoms with Crippen molar-refractivity contribution in [3.63, 3.8) is 0 Å². The van der Waals surface area contributed by atoms with Crippen LogP contribution in [0.4, 0.5) is 17.3 Å². The molecular weight excluding hydrogens is 436 g/mol. The third kappa shape index (κ3) is 5.10. The summed E-state index contributed by atoms with van der Waals surface area (Å²) in [5, 5.41) is 6.49. The third-order valence-electron chi connectivity index (χ3n) is 6.88. The maximum Gasteiger partial charge on any atom is 0.355 e. The molecule has 2 aliphatic heterocycles. The number of benzene rings is 2. The van der Waals surface area contributed by atoms with Gasteiger partial charge in [-0.1, -0.05) is 18.2 Å². The van der Waals surface area contributed by atoms with Crippen LogP contribution in [-0.2, 0) is 6.54 Å². The zero-order chi connectivity index (χ0) is 24.4. The quantitative estimate of drug-likeness (QED) is 0.459. The Morgan fingerprint density at radius 1 is 1.17 bits per heavy atom. The van der Waals surface area contributed by atoms with Crippen molar-refractivity contribution in [1.82, 2.24) is 14.9 Å². The summed E-state index contributed by atoms with van der Waals surface area (Å²) in [6, 6.07) is 14.0. The molecule has 1 unspecified atom stereocenters. The number of likely N-dealkylation sites (tertiary alicyclic amines) is 1. The minimum Gasteiger partial charge on any atom is -0.342 e. The predicted molar refractivity (Wildman–Crippen MR) is 140 cm³/mol. The van der Waals surface area contributed by atoms with E-state index in [1.807, 2.05) is 42.6 Å². The van der Waals surface area contributed by atoms with Gasteiger partial charge in [0.2, 0.25) is 0 Å². The second kappa shape index (κ2) is 9.96. The minimum atomic E-state index is -0.0947. The summed E-state index contributed by atoms with van der Waals surface area (Å²) in [4.78, 5) is 24.6. The topological polar surface area (TPSA) is 73.2 Å². The maximum absolute atomic E-state index is 13.0. The molecule has 1 amide bonds. The van der Waals surface area contributed by atoms with Gasteiger partial charge in [-0.15, -0.1) is 0 Å². The Bertz CT molecular complexity index is 1280. The summed E-state index contributed by atoms with van der Waals surface area (Å²) in [6.07, 6.45) is 6.33. The van der Waals surface area contributed by atoms with Crippen molar-refractivity contribution in [3.05, 3.63) is 76.6 Å². The highest BCUT2D eigenvalue weighted by atomic mass is 16.1. The Kier molecular flexibility index (Phi) is 6.59. The van der Waals surface area contributed by atoms with Crippen molar-refractivity contribution >= 4 is 29.4 Å². The zero-order valence-corrected chi connectivity index (χ0v) is 20.7. The van der Waals surface area contributed by atoms with Gasteiger partial charge in [0, 0.05) is 17.8 Å². The van der Waals surface area contributed by atoms with Gasteiger partial charge >= 0.3 is 5.82 Å². The van der Waals surface area contributed by atoms with Crippen molar-refractivity contribution in [1.29, 1.82) is 0 Å². The number of carbonyl (C=O) groups is 1. The summed E-state index contributed by atoms with van der Waals surface area (Å²) in [5.41, 5.74) is 5.89. The lowest BCUT2D eigenvalue weighted by Crippen LogP contribution is -2.22. The fourth-order valence-electron chi connectivity index (χ4n) is 4.73. The molecule has 0 radical (unpaired) electrons. The van der Waals surface area contributed by atoms with Gasteiger partial charge in [-0.2, -0.15) is 0 Å². The van der Waals surface area contributed by atoms with E-state index in [1.165, 1.54) is 31.5 Å². The lowest BCUT2D eigenvalue weighted by molar-refractivity contribution is -0.447. The monoisotopic (exact) mass is 469 g/mol. The van der Waals surface area contributed by atoms with Crippen molar-refractivity contribution in [2.75, 3.05) is 30.3 Å². The molecule has 3 aromatic rings. The van der Waals surface area contributed by atoms with Crippen LogP contribution in [0.2, 0.25) is 0 Å². The van der Waals surface area contributed by atoms with Crippen LogP contribution in [0.3, 0.4) is 0 Å². The molecule has 0 bridgehead atoms. The maximum atomic E-state index is 13.0. The first kappa shape index (κ1) is 23.2. The molecule has 0 saturated carbocycles. The van der Waals surface area contributed by atoms with Gasteiger partial charge < -0.3 is 10.6 Å². The van der Waals surface area contributed by atoms with Gasteiger partial charge in [0.05, 0.1) is 18.8 Å². The van der Waals surface area contributed by atoms with Crippen LogP contribution in [-0.4, -0.2) is 51.2 Å². The number of hydrogen-bond acceptors (Lipinski definition) is 5. The number of aryl methyl sites for hydroxylation is 1.